The summed E-state index contributed by atoms with van der Waals surface area (Å²) in [6.45, 7) is 4.60. The molecule has 0 radical (unpaired) electrons. The van der Waals surface area contributed by atoms with Gasteiger partial charge >= 0.3 is 6.03 Å². The number of carbonyl (C=O) groups is 1. The van der Waals surface area contributed by atoms with Gasteiger partial charge in [-0.15, -0.1) is 0 Å². The summed E-state index contributed by atoms with van der Waals surface area (Å²) in [6, 6.07) is 20.3. The largest absolute Gasteiger partial charge is 0.322 e. The van der Waals surface area contributed by atoms with Crippen LogP contribution in [0, 0.1) is 0 Å². The second kappa shape index (κ2) is 8.50. The third-order valence-electron chi connectivity index (χ3n) is 4.47. The van der Waals surface area contributed by atoms with E-state index < -0.39 is 0 Å². The summed E-state index contributed by atoms with van der Waals surface area (Å²) in [5.41, 5.74) is 2.26. The van der Waals surface area contributed by atoms with Crippen molar-refractivity contribution in [3.8, 4) is 0 Å². The van der Waals surface area contributed by atoms with E-state index in [4.69, 9.17) is 0 Å². The van der Waals surface area contributed by atoms with Gasteiger partial charge in [-0.05, 0) is 37.1 Å². The van der Waals surface area contributed by atoms with Gasteiger partial charge in [0.1, 0.15) is 0 Å². The Morgan fingerprint density at radius 1 is 0.875 bits per heavy atom. The lowest BCUT2D eigenvalue weighted by atomic mass is 10.1. The third-order valence-corrected chi connectivity index (χ3v) is 4.47. The summed E-state index contributed by atoms with van der Waals surface area (Å²) in [7, 11) is 0. The molecule has 1 aliphatic heterocycles. The minimum atomic E-state index is 0.00476. The molecule has 4 heteroatoms. The number of anilines is 1. The van der Waals surface area contributed by atoms with Crippen LogP contribution < -0.4 is 5.32 Å². The number of para-hydroxylation sites is 1. The van der Waals surface area contributed by atoms with Crippen LogP contribution in [0.2, 0.25) is 0 Å². The number of benzene rings is 2. The summed E-state index contributed by atoms with van der Waals surface area (Å²) in [5, 5.41) is 2.96. The van der Waals surface area contributed by atoms with Crippen molar-refractivity contribution < 1.29 is 4.79 Å². The van der Waals surface area contributed by atoms with Crippen LogP contribution in [-0.2, 0) is 6.42 Å². The molecular weight excluding hydrogens is 298 g/mol. The van der Waals surface area contributed by atoms with Crippen molar-refractivity contribution in [2.45, 2.75) is 12.8 Å². The first-order chi connectivity index (χ1) is 11.8. The Labute approximate surface area is 144 Å². The molecular formula is C20H25N3O. The Kier molecular flexibility index (Phi) is 5.85. The Hall–Kier alpha value is -2.33. The van der Waals surface area contributed by atoms with Crippen LogP contribution in [-0.4, -0.2) is 48.6 Å². The highest BCUT2D eigenvalue weighted by Crippen LogP contribution is 2.10. The monoisotopic (exact) mass is 323 g/mol. The quantitative estimate of drug-likeness (QED) is 0.914. The molecule has 2 aromatic rings. The second-order valence-corrected chi connectivity index (χ2v) is 6.21. The number of nitrogens with one attached hydrogen (secondary N) is 1. The number of amides is 2. The zero-order valence-corrected chi connectivity index (χ0v) is 14.0. The minimum absolute atomic E-state index is 0.00476. The standard InChI is InChI=1S/C20H25N3O/c24-20(21-19-11-5-2-6-12-19)23-16-14-22(15-17-23)13-7-10-18-8-3-1-4-9-18/h1-6,8-9,11-12H,7,10,13-17H2,(H,21,24). The lowest BCUT2D eigenvalue weighted by Crippen LogP contribution is -2.50. The number of nitrogens with zero attached hydrogens (tertiary/aromatic N) is 2. The molecule has 0 aliphatic carbocycles. The van der Waals surface area contributed by atoms with E-state index in [2.05, 4.69) is 40.5 Å². The molecule has 4 nitrogen and oxygen atoms in total. The topological polar surface area (TPSA) is 35.6 Å². The van der Waals surface area contributed by atoms with Crippen LogP contribution in [0.1, 0.15) is 12.0 Å². The Morgan fingerprint density at radius 2 is 1.50 bits per heavy atom. The lowest BCUT2D eigenvalue weighted by molar-refractivity contribution is 0.146. The lowest BCUT2D eigenvalue weighted by Gasteiger charge is -2.34. The van der Waals surface area contributed by atoms with Crippen molar-refractivity contribution >= 4 is 11.7 Å². The fourth-order valence-electron chi connectivity index (χ4n) is 3.05. The zero-order chi connectivity index (χ0) is 16.6. The number of hydrogen-bond donors (Lipinski definition) is 1. The third kappa shape index (κ3) is 4.83. The van der Waals surface area contributed by atoms with Gasteiger partial charge in [0, 0.05) is 31.9 Å². The predicted octanol–water partition coefficient (Wildman–Crippen LogP) is 3.47. The zero-order valence-electron chi connectivity index (χ0n) is 14.0. The fraction of sp³-hybridized carbons (Fsp3) is 0.350. The summed E-state index contributed by atoms with van der Waals surface area (Å²) in [5.74, 6) is 0. The van der Waals surface area contributed by atoms with Crippen LogP contribution in [0.25, 0.3) is 0 Å². The molecule has 0 aromatic heterocycles. The van der Waals surface area contributed by atoms with Crippen LogP contribution in [0.4, 0.5) is 10.5 Å². The average molecular weight is 323 g/mol. The van der Waals surface area contributed by atoms with Gasteiger partial charge in [0.25, 0.3) is 0 Å². The molecule has 126 valence electrons. The second-order valence-electron chi connectivity index (χ2n) is 6.21. The molecule has 24 heavy (non-hydrogen) atoms. The number of hydrogen-bond acceptors (Lipinski definition) is 2. The van der Waals surface area contributed by atoms with E-state index in [1.165, 1.54) is 12.0 Å². The smallest absolute Gasteiger partial charge is 0.321 e. The first-order valence-electron chi connectivity index (χ1n) is 8.68. The van der Waals surface area contributed by atoms with E-state index in [1.807, 2.05) is 35.2 Å². The number of rotatable bonds is 5. The van der Waals surface area contributed by atoms with E-state index in [0.29, 0.717) is 0 Å². The summed E-state index contributed by atoms with van der Waals surface area (Å²) in [4.78, 5) is 16.6. The molecule has 2 aromatic carbocycles. The van der Waals surface area contributed by atoms with E-state index in [0.717, 1.165) is 44.8 Å². The Bertz CT molecular complexity index is 622. The van der Waals surface area contributed by atoms with E-state index in [1.54, 1.807) is 0 Å². The van der Waals surface area contributed by atoms with Gasteiger partial charge in [-0.3, -0.25) is 4.90 Å². The van der Waals surface area contributed by atoms with E-state index in [-0.39, 0.29) is 6.03 Å². The van der Waals surface area contributed by atoms with Gasteiger partial charge in [0.15, 0.2) is 0 Å². The van der Waals surface area contributed by atoms with Crippen molar-refractivity contribution in [2.24, 2.45) is 0 Å². The highest BCUT2D eigenvalue weighted by atomic mass is 16.2. The molecule has 0 saturated carbocycles. The molecule has 0 unspecified atom stereocenters. The molecule has 0 spiro atoms. The van der Waals surface area contributed by atoms with Crippen molar-refractivity contribution in [2.75, 3.05) is 38.0 Å². The first kappa shape index (κ1) is 16.5. The number of aryl methyl sites for hydroxylation is 1. The van der Waals surface area contributed by atoms with Crippen LogP contribution in [0.15, 0.2) is 60.7 Å². The normalized spacial score (nSPS) is 15.2. The molecule has 0 atom stereocenters. The molecule has 1 saturated heterocycles. The minimum Gasteiger partial charge on any atom is -0.322 e. The predicted molar refractivity (Wildman–Crippen MR) is 98.2 cm³/mol. The highest BCUT2D eigenvalue weighted by Gasteiger charge is 2.20. The number of urea groups is 1. The Morgan fingerprint density at radius 3 is 2.17 bits per heavy atom. The summed E-state index contributed by atoms with van der Waals surface area (Å²) < 4.78 is 0. The number of piperazine rings is 1. The number of carbonyl (C=O) groups excluding carboxylic acids is 1. The fourth-order valence-corrected chi connectivity index (χ4v) is 3.05. The van der Waals surface area contributed by atoms with E-state index >= 15 is 0 Å². The molecule has 2 amide bonds. The van der Waals surface area contributed by atoms with Crippen LogP contribution in [0.5, 0.6) is 0 Å². The molecule has 0 bridgehead atoms. The van der Waals surface area contributed by atoms with Gasteiger partial charge in [-0.2, -0.15) is 0 Å². The maximum absolute atomic E-state index is 12.3. The Balaban J connectivity index is 1.37. The maximum atomic E-state index is 12.3. The van der Waals surface area contributed by atoms with Crippen LogP contribution >= 0.6 is 0 Å². The molecule has 1 heterocycles. The SMILES string of the molecule is O=C(Nc1ccccc1)N1CCN(CCCc2ccccc2)CC1. The molecule has 1 aliphatic rings. The van der Waals surface area contributed by atoms with Crippen molar-refractivity contribution in [1.82, 2.24) is 9.80 Å². The average Bonchev–Trinajstić information content (AvgIpc) is 2.64. The molecule has 1 fully saturated rings. The first-order valence-corrected chi connectivity index (χ1v) is 8.68. The van der Waals surface area contributed by atoms with Crippen molar-refractivity contribution in [1.29, 1.82) is 0 Å². The van der Waals surface area contributed by atoms with Gasteiger partial charge in [0.05, 0.1) is 0 Å². The molecule has 3 rings (SSSR count). The van der Waals surface area contributed by atoms with Crippen LogP contribution in [0.3, 0.4) is 0 Å². The summed E-state index contributed by atoms with van der Waals surface area (Å²) >= 11 is 0. The maximum Gasteiger partial charge on any atom is 0.321 e. The van der Waals surface area contributed by atoms with Crippen molar-refractivity contribution in [3.05, 3.63) is 66.2 Å². The van der Waals surface area contributed by atoms with E-state index in [9.17, 15) is 4.79 Å². The van der Waals surface area contributed by atoms with Gasteiger partial charge in [-0.25, -0.2) is 4.79 Å². The van der Waals surface area contributed by atoms with Gasteiger partial charge in [0.2, 0.25) is 0 Å². The highest BCUT2D eigenvalue weighted by molar-refractivity contribution is 5.89. The molecule has 1 N–H and O–H groups in total. The van der Waals surface area contributed by atoms with Crippen molar-refractivity contribution in [3.63, 3.8) is 0 Å². The van der Waals surface area contributed by atoms with Gasteiger partial charge in [-0.1, -0.05) is 48.5 Å². The van der Waals surface area contributed by atoms with Gasteiger partial charge < -0.3 is 10.2 Å². The summed E-state index contributed by atoms with van der Waals surface area (Å²) in [6.07, 6.45) is 2.29.